The van der Waals surface area contributed by atoms with Gasteiger partial charge in [-0.15, -0.1) is 11.3 Å². The lowest BCUT2D eigenvalue weighted by Gasteiger charge is -2.20. The van der Waals surface area contributed by atoms with Gasteiger partial charge in [0.25, 0.3) is 0 Å². The molecule has 1 aromatic carbocycles. The van der Waals surface area contributed by atoms with E-state index in [-0.39, 0.29) is 6.04 Å². The second kappa shape index (κ2) is 7.59. The smallest absolute Gasteiger partial charge is 0.119 e. The van der Waals surface area contributed by atoms with Crippen LogP contribution >= 0.6 is 43.2 Å². The maximum Gasteiger partial charge on any atom is 0.119 e. The number of methoxy groups -OCH3 is 1. The van der Waals surface area contributed by atoms with E-state index in [1.165, 1.54) is 14.9 Å². The predicted molar refractivity (Wildman–Crippen MR) is 92.8 cm³/mol. The molecule has 5 heteroatoms. The largest absolute Gasteiger partial charge is 0.497 e. The van der Waals surface area contributed by atoms with Crippen molar-refractivity contribution in [3.63, 3.8) is 0 Å². The number of benzene rings is 1. The van der Waals surface area contributed by atoms with Crippen LogP contribution in [0.3, 0.4) is 0 Å². The number of thiophene rings is 1. The van der Waals surface area contributed by atoms with Crippen LogP contribution in [-0.4, -0.2) is 13.7 Å². The zero-order valence-corrected chi connectivity index (χ0v) is 15.4. The van der Waals surface area contributed by atoms with E-state index in [0.29, 0.717) is 0 Å². The SMILES string of the molecule is CCNC(Cc1sccc1Br)c1cc(OC)ccc1Br. The highest BCUT2D eigenvalue weighted by molar-refractivity contribution is 9.10. The standard InChI is InChI=1S/C15H17Br2NOS/c1-3-18-14(9-15-13(17)6-7-20-15)11-8-10(19-2)4-5-12(11)16/h4-8,14,18H,3,9H2,1-2H3. The fraction of sp³-hybridized carbons (Fsp3) is 0.333. The Bertz CT molecular complexity index is 571. The van der Waals surface area contributed by atoms with E-state index in [2.05, 4.69) is 61.6 Å². The first-order valence-corrected chi connectivity index (χ1v) is 8.91. The van der Waals surface area contributed by atoms with E-state index >= 15 is 0 Å². The highest BCUT2D eigenvalue weighted by Gasteiger charge is 2.17. The van der Waals surface area contributed by atoms with Gasteiger partial charge in [0.05, 0.1) is 7.11 Å². The van der Waals surface area contributed by atoms with Crippen molar-refractivity contribution >= 4 is 43.2 Å². The van der Waals surface area contributed by atoms with Gasteiger partial charge in [0.15, 0.2) is 0 Å². The van der Waals surface area contributed by atoms with Gasteiger partial charge in [0, 0.05) is 26.3 Å². The third-order valence-electron chi connectivity index (χ3n) is 3.11. The fourth-order valence-corrected chi connectivity index (χ4v) is 4.19. The maximum absolute atomic E-state index is 5.34. The van der Waals surface area contributed by atoms with Gasteiger partial charge >= 0.3 is 0 Å². The molecule has 2 nitrogen and oxygen atoms in total. The van der Waals surface area contributed by atoms with E-state index in [0.717, 1.165) is 23.2 Å². The molecule has 108 valence electrons. The Morgan fingerprint density at radius 2 is 2.05 bits per heavy atom. The number of hydrogen-bond acceptors (Lipinski definition) is 3. The average Bonchev–Trinajstić information content (AvgIpc) is 2.84. The van der Waals surface area contributed by atoms with Gasteiger partial charge in [0.1, 0.15) is 5.75 Å². The van der Waals surface area contributed by atoms with Gasteiger partial charge in [-0.2, -0.15) is 0 Å². The van der Waals surface area contributed by atoms with Crippen LogP contribution in [0.15, 0.2) is 38.6 Å². The first-order valence-electron chi connectivity index (χ1n) is 6.44. The maximum atomic E-state index is 5.34. The highest BCUT2D eigenvalue weighted by atomic mass is 79.9. The molecule has 1 unspecified atom stereocenters. The van der Waals surface area contributed by atoms with Crippen molar-refractivity contribution in [2.75, 3.05) is 13.7 Å². The van der Waals surface area contributed by atoms with E-state index in [9.17, 15) is 0 Å². The molecule has 2 aromatic rings. The zero-order chi connectivity index (χ0) is 14.5. The van der Waals surface area contributed by atoms with Crippen molar-refractivity contribution in [1.82, 2.24) is 5.32 Å². The summed E-state index contributed by atoms with van der Waals surface area (Å²) in [6, 6.07) is 8.47. The van der Waals surface area contributed by atoms with Gasteiger partial charge in [-0.3, -0.25) is 0 Å². The minimum atomic E-state index is 0.263. The molecule has 0 bridgehead atoms. The number of halogens is 2. The summed E-state index contributed by atoms with van der Waals surface area (Å²) in [6.07, 6.45) is 0.956. The lowest BCUT2D eigenvalue weighted by Crippen LogP contribution is -2.23. The molecule has 20 heavy (non-hydrogen) atoms. The third-order valence-corrected chi connectivity index (χ3v) is 5.78. The Hall–Kier alpha value is -0.360. The Morgan fingerprint density at radius 3 is 2.65 bits per heavy atom. The normalized spacial score (nSPS) is 12.4. The quantitative estimate of drug-likeness (QED) is 0.698. The molecule has 1 aromatic heterocycles. The molecule has 0 aliphatic rings. The molecule has 0 spiro atoms. The summed E-state index contributed by atoms with van der Waals surface area (Å²) in [5.74, 6) is 0.886. The molecule has 0 amide bonds. The second-order valence-electron chi connectivity index (χ2n) is 4.39. The lowest BCUT2D eigenvalue weighted by molar-refractivity contribution is 0.412. The van der Waals surface area contributed by atoms with Gasteiger partial charge in [0.2, 0.25) is 0 Å². The fourth-order valence-electron chi connectivity index (χ4n) is 2.11. The van der Waals surface area contributed by atoms with E-state index in [1.807, 2.05) is 12.1 Å². The molecule has 1 N–H and O–H groups in total. The summed E-state index contributed by atoms with van der Waals surface area (Å²) < 4.78 is 7.63. The lowest BCUT2D eigenvalue weighted by atomic mass is 10.0. The number of rotatable bonds is 6. The molecule has 0 radical (unpaired) electrons. The summed E-state index contributed by atoms with van der Waals surface area (Å²) in [6.45, 7) is 3.06. The Kier molecular flexibility index (Phi) is 6.08. The molecule has 0 aliphatic heterocycles. The summed E-state index contributed by atoms with van der Waals surface area (Å²) in [5, 5.41) is 5.67. The second-order valence-corrected chi connectivity index (χ2v) is 7.10. The molecule has 2 rings (SSSR count). The molecule has 0 aliphatic carbocycles. The summed E-state index contributed by atoms with van der Waals surface area (Å²) in [4.78, 5) is 1.35. The van der Waals surface area contributed by atoms with Crippen LogP contribution in [0.4, 0.5) is 0 Å². The molecule has 1 heterocycles. The van der Waals surface area contributed by atoms with Gasteiger partial charge in [-0.25, -0.2) is 0 Å². The molecule has 1 atom stereocenters. The highest BCUT2D eigenvalue weighted by Crippen LogP contribution is 2.33. The number of ether oxygens (including phenoxy) is 1. The zero-order valence-electron chi connectivity index (χ0n) is 11.5. The van der Waals surface area contributed by atoms with Crippen molar-refractivity contribution in [3.8, 4) is 5.75 Å². The summed E-state index contributed by atoms with van der Waals surface area (Å²) in [5.41, 5.74) is 1.23. The number of hydrogen-bond donors (Lipinski definition) is 1. The average molecular weight is 419 g/mol. The summed E-state index contributed by atoms with van der Waals surface area (Å²) >= 11 is 9.04. The van der Waals surface area contributed by atoms with Crippen LogP contribution in [0.5, 0.6) is 5.75 Å². The number of likely N-dealkylation sites (N-methyl/N-ethyl adjacent to an activating group) is 1. The van der Waals surface area contributed by atoms with Crippen molar-refractivity contribution in [2.45, 2.75) is 19.4 Å². The van der Waals surface area contributed by atoms with E-state index in [4.69, 9.17) is 4.74 Å². The third kappa shape index (κ3) is 3.85. The van der Waals surface area contributed by atoms with Gasteiger partial charge in [-0.05, 0) is 57.7 Å². The first kappa shape index (κ1) is 16.0. The monoisotopic (exact) mass is 417 g/mol. The summed E-state index contributed by atoms with van der Waals surface area (Å²) in [7, 11) is 1.70. The minimum absolute atomic E-state index is 0.263. The molecule has 0 saturated carbocycles. The van der Waals surface area contributed by atoms with Crippen LogP contribution in [-0.2, 0) is 6.42 Å². The van der Waals surface area contributed by atoms with Crippen molar-refractivity contribution in [2.24, 2.45) is 0 Å². The van der Waals surface area contributed by atoms with Crippen LogP contribution in [0.2, 0.25) is 0 Å². The Balaban J connectivity index is 2.30. The van der Waals surface area contributed by atoms with Crippen LogP contribution in [0.1, 0.15) is 23.4 Å². The van der Waals surface area contributed by atoms with Crippen molar-refractivity contribution in [1.29, 1.82) is 0 Å². The number of nitrogens with one attached hydrogen (secondary N) is 1. The van der Waals surface area contributed by atoms with Gasteiger partial charge in [-0.1, -0.05) is 22.9 Å². The minimum Gasteiger partial charge on any atom is -0.497 e. The van der Waals surface area contributed by atoms with Crippen molar-refractivity contribution in [3.05, 3.63) is 49.0 Å². The molecule has 0 fully saturated rings. The predicted octanol–water partition coefficient (Wildman–Crippen LogP) is 5.18. The molecular weight excluding hydrogens is 402 g/mol. The van der Waals surface area contributed by atoms with Crippen LogP contribution in [0.25, 0.3) is 0 Å². The molecular formula is C15H17Br2NOS. The van der Waals surface area contributed by atoms with Gasteiger partial charge < -0.3 is 10.1 Å². The Morgan fingerprint density at radius 1 is 1.25 bits per heavy atom. The molecule has 0 saturated heterocycles. The van der Waals surface area contributed by atoms with Crippen LogP contribution < -0.4 is 10.1 Å². The van der Waals surface area contributed by atoms with Crippen LogP contribution in [0, 0.1) is 0 Å². The Labute approximate surface area is 140 Å². The van der Waals surface area contributed by atoms with Crippen molar-refractivity contribution < 1.29 is 4.74 Å². The first-order chi connectivity index (χ1) is 9.65. The van der Waals surface area contributed by atoms with E-state index in [1.54, 1.807) is 18.4 Å². The van der Waals surface area contributed by atoms with E-state index < -0.39 is 0 Å². The topological polar surface area (TPSA) is 21.3 Å².